The van der Waals surface area contributed by atoms with E-state index >= 15 is 0 Å². The second-order valence-corrected chi connectivity index (χ2v) is 15.0. The van der Waals surface area contributed by atoms with Crippen LogP contribution in [0.3, 0.4) is 0 Å². The molecule has 6 heterocycles. The molecule has 5 aliphatic rings. The standard InChI is InChI=1S/C36H38N6O2S/c1-23(24-14-17-37-18-15-24)38-34-21-31(34)35-32-12-11-28(41-32)20-26-8-7-25(39-26)19-27-9-10-29(40-27)22-36(16-13-33(35)42-36)45(43,44)30-5-3-2-4-6-30/h2-13,16,19-20,22-24,31,34,37-39,41-42H,14-15,17-18,21H2,1H3/b25-19-,26-20-,29-22-,35-33-. The number of aliphatic imine (C=N–C) groups is 1. The van der Waals surface area contributed by atoms with Gasteiger partial charge in [-0.3, -0.25) is 0 Å². The van der Waals surface area contributed by atoms with Crippen LogP contribution in [0.4, 0.5) is 0 Å². The Morgan fingerprint density at radius 3 is 2.56 bits per heavy atom. The third-order valence-corrected chi connectivity index (χ3v) is 11.9. The quantitative estimate of drug-likeness (QED) is 0.291. The van der Waals surface area contributed by atoms with Gasteiger partial charge in [0.15, 0.2) is 4.87 Å². The summed E-state index contributed by atoms with van der Waals surface area (Å²) in [6.07, 6.45) is 16.7. The molecule has 0 amide bonds. The topological polar surface area (TPSA) is 114 Å². The van der Waals surface area contributed by atoms with E-state index in [1.807, 2.05) is 36.4 Å². The Balaban J connectivity index is 1.25. The molecule has 8 rings (SSSR count). The molecule has 0 spiro atoms. The van der Waals surface area contributed by atoms with Crippen LogP contribution in [0.25, 0.3) is 17.7 Å². The van der Waals surface area contributed by atoms with Crippen LogP contribution < -0.4 is 26.6 Å². The Morgan fingerprint density at radius 1 is 0.933 bits per heavy atom. The number of aromatic amines is 2. The lowest BCUT2D eigenvalue weighted by atomic mass is 9.91. The second kappa shape index (κ2) is 11.0. The summed E-state index contributed by atoms with van der Waals surface area (Å²) in [4.78, 5) is 10.6. The minimum absolute atomic E-state index is 0.234. The molecule has 9 heteroatoms. The molecule has 2 aromatic heterocycles. The highest BCUT2D eigenvalue weighted by Crippen LogP contribution is 2.46. The van der Waals surface area contributed by atoms with E-state index in [2.05, 4.69) is 57.1 Å². The van der Waals surface area contributed by atoms with Crippen molar-refractivity contribution in [3.05, 3.63) is 118 Å². The van der Waals surface area contributed by atoms with E-state index < -0.39 is 14.7 Å². The molecule has 3 aromatic rings. The van der Waals surface area contributed by atoms with Crippen LogP contribution in [0.2, 0.25) is 0 Å². The number of nitrogens with zero attached hydrogens (tertiary/aromatic N) is 1. The van der Waals surface area contributed by atoms with E-state index in [1.165, 1.54) is 12.8 Å². The van der Waals surface area contributed by atoms with Crippen molar-refractivity contribution in [2.75, 3.05) is 13.1 Å². The lowest BCUT2D eigenvalue weighted by molar-refractivity contribution is 0.290. The number of hydrogen-bond donors (Lipinski definition) is 5. The largest absolute Gasteiger partial charge is 0.360 e. The van der Waals surface area contributed by atoms with Crippen molar-refractivity contribution < 1.29 is 8.42 Å². The normalized spacial score (nSPS) is 30.8. The molecule has 4 atom stereocenters. The molecule has 45 heavy (non-hydrogen) atoms. The number of rotatable bonds is 6. The summed E-state index contributed by atoms with van der Waals surface area (Å²) in [5.74, 6) is 0.888. The van der Waals surface area contributed by atoms with Gasteiger partial charge >= 0.3 is 0 Å². The molecule has 4 aliphatic heterocycles. The van der Waals surface area contributed by atoms with Gasteiger partial charge in [0.2, 0.25) is 9.84 Å². The summed E-state index contributed by atoms with van der Waals surface area (Å²) in [5, 5.41) is 12.9. The van der Waals surface area contributed by atoms with Gasteiger partial charge in [-0.05, 0) is 124 Å². The van der Waals surface area contributed by atoms with Crippen molar-refractivity contribution in [3.63, 3.8) is 0 Å². The lowest BCUT2D eigenvalue weighted by Gasteiger charge is -2.29. The first-order chi connectivity index (χ1) is 21.9. The van der Waals surface area contributed by atoms with Crippen LogP contribution in [-0.4, -0.2) is 54.1 Å². The molecular formula is C36H38N6O2S. The third-order valence-electron chi connectivity index (χ3n) is 9.73. The fourth-order valence-electron chi connectivity index (χ4n) is 7.18. The van der Waals surface area contributed by atoms with Gasteiger partial charge in [0.05, 0.1) is 16.3 Å². The first kappa shape index (κ1) is 28.3. The highest BCUT2D eigenvalue weighted by Gasteiger charge is 2.48. The maximum absolute atomic E-state index is 14.5. The van der Waals surface area contributed by atoms with E-state index in [0.29, 0.717) is 23.7 Å². The fourth-order valence-corrected chi connectivity index (χ4v) is 8.86. The van der Waals surface area contributed by atoms with Crippen LogP contribution >= 0.6 is 0 Å². The van der Waals surface area contributed by atoms with Gasteiger partial charge in [-0.25, -0.2) is 13.4 Å². The molecule has 8 bridgehead atoms. The van der Waals surface area contributed by atoms with E-state index in [9.17, 15) is 8.42 Å². The lowest BCUT2D eigenvalue weighted by Crippen LogP contribution is -2.45. The molecule has 1 saturated heterocycles. The Morgan fingerprint density at radius 2 is 1.73 bits per heavy atom. The molecule has 5 N–H and O–H groups in total. The van der Waals surface area contributed by atoms with E-state index in [-0.39, 0.29) is 10.8 Å². The SMILES string of the molecule is CC(NC1CC1/C1=C2\C=CC(S(=O)(=O)c3ccccc3)(/C=C3/C=CC(=N3)/C=c3/cc/c([nH]3)=C/c3ccc1[nH]3)N2)C1CCNCC1. The van der Waals surface area contributed by atoms with E-state index in [0.717, 1.165) is 58.6 Å². The number of benzene rings is 1. The number of sulfone groups is 1. The molecular weight excluding hydrogens is 581 g/mol. The molecule has 8 nitrogen and oxygen atoms in total. The summed E-state index contributed by atoms with van der Waals surface area (Å²) < 4.78 is 28.9. The summed E-state index contributed by atoms with van der Waals surface area (Å²) in [6.45, 7) is 4.46. The van der Waals surface area contributed by atoms with Crippen LogP contribution in [0, 0.1) is 11.8 Å². The monoisotopic (exact) mass is 618 g/mol. The Labute approximate surface area is 263 Å². The zero-order chi connectivity index (χ0) is 30.6. The summed E-state index contributed by atoms with van der Waals surface area (Å²) in [5.41, 5.74) is 5.23. The molecule has 0 radical (unpaired) electrons. The number of piperidine rings is 1. The minimum atomic E-state index is -3.91. The van der Waals surface area contributed by atoms with Crippen LogP contribution in [0.15, 0.2) is 106 Å². The second-order valence-electron chi connectivity index (χ2n) is 12.8. The van der Waals surface area contributed by atoms with Gasteiger partial charge in [0, 0.05) is 51.4 Å². The first-order valence-corrected chi connectivity index (χ1v) is 17.4. The zero-order valence-electron chi connectivity index (χ0n) is 25.3. The number of aromatic nitrogens is 2. The molecule has 4 unspecified atom stereocenters. The van der Waals surface area contributed by atoms with E-state index in [1.54, 1.807) is 36.4 Å². The van der Waals surface area contributed by atoms with Gasteiger partial charge in [-0.2, -0.15) is 0 Å². The number of H-pyrrole nitrogens is 2. The van der Waals surface area contributed by atoms with Crippen molar-refractivity contribution >= 4 is 33.3 Å². The highest BCUT2D eigenvalue weighted by molar-refractivity contribution is 7.93. The van der Waals surface area contributed by atoms with Crippen LogP contribution in [0.1, 0.15) is 37.6 Å². The average Bonchev–Trinajstić information content (AvgIpc) is 3.54. The Bertz CT molecular complexity index is 2020. The summed E-state index contributed by atoms with van der Waals surface area (Å²) in [6, 6.07) is 17.7. The highest BCUT2D eigenvalue weighted by atomic mass is 32.2. The summed E-state index contributed by atoms with van der Waals surface area (Å²) in [7, 11) is -3.91. The maximum Gasteiger partial charge on any atom is 0.209 e. The molecule has 1 aliphatic carbocycles. The van der Waals surface area contributed by atoms with Crippen molar-refractivity contribution in [1.82, 2.24) is 25.9 Å². The maximum atomic E-state index is 14.5. The molecule has 1 saturated carbocycles. The minimum Gasteiger partial charge on any atom is -0.360 e. The fraction of sp³-hybridized carbons (Fsp3) is 0.306. The van der Waals surface area contributed by atoms with Gasteiger partial charge in [-0.1, -0.05) is 18.2 Å². The van der Waals surface area contributed by atoms with Crippen molar-refractivity contribution in [3.8, 4) is 0 Å². The molecule has 2 fully saturated rings. The zero-order valence-corrected chi connectivity index (χ0v) is 26.1. The van der Waals surface area contributed by atoms with Crippen molar-refractivity contribution in [2.45, 2.75) is 48.0 Å². The third kappa shape index (κ3) is 5.28. The van der Waals surface area contributed by atoms with Crippen molar-refractivity contribution in [1.29, 1.82) is 0 Å². The predicted octanol–water partition coefficient (Wildman–Crippen LogP) is 3.27. The molecule has 230 valence electrons. The Kier molecular flexibility index (Phi) is 6.93. The number of allylic oxidation sites excluding steroid dienone is 3. The number of nitrogens with one attached hydrogen (secondary N) is 5. The molecule has 1 aromatic carbocycles. The van der Waals surface area contributed by atoms with Gasteiger partial charge < -0.3 is 25.9 Å². The Hall–Kier alpha value is -4.18. The van der Waals surface area contributed by atoms with Crippen LogP contribution in [0.5, 0.6) is 0 Å². The van der Waals surface area contributed by atoms with Gasteiger partial charge in [0.25, 0.3) is 0 Å². The summed E-state index contributed by atoms with van der Waals surface area (Å²) >= 11 is 0. The first-order valence-electron chi connectivity index (χ1n) is 15.9. The van der Waals surface area contributed by atoms with Crippen molar-refractivity contribution in [2.24, 2.45) is 16.8 Å². The average molecular weight is 619 g/mol. The van der Waals surface area contributed by atoms with Crippen LogP contribution in [-0.2, 0) is 9.84 Å². The number of fused-ring (bicyclic) bond motifs is 7. The van der Waals surface area contributed by atoms with Gasteiger partial charge in [0.1, 0.15) is 0 Å². The smallest absolute Gasteiger partial charge is 0.209 e. The van der Waals surface area contributed by atoms with E-state index in [4.69, 9.17) is 4.99 Å². The predicted molar refractivity (Wildman–Crippen MR) is 179 cm³/mol. The number of hydrogen-bond acceptors (Lipinski definition) is 6. The van der Waals surface area contributed by atoms with Gasteiger partial charge in [-0.15, -0.1) is 0 Å².